The summed E-state index contributed by atoms with van der Waals surface area (Å²) < 4.78 is 0. The number of unbranched alkanes of at least 4 members (excludes halogenated alkanes) is 42. The van der Waals surface area contributed by atoms with Gasteiger partial charge in [-0.3, -0.25) is 19.2 Å². The highest BCUT2D eigenvalue weighted by molar-refractivity contribution is 6.04. The summed E-state index contributed by atoms with van der Waals surface area (Å²) >= 11 is 0. The van der Waals surface area contributed by atoms with Crippen LogP contribution in [0.25, 0.3) is 0 Å². The number of carboxylic acids is 1. The van der Waals surface area contributed by atoms with E-state index < -0.39 is 11.9 Å². The SMILES string of the molecule is NC(=O)CCCCCCCCCCCCCCCCCc1ccccc1.NC(=O)CCCCCCCCCCCCCCCCCc1ccccc1.NC(=O)CCCCCCCCCCCCCCCCCc1ccccc1.NC(=O)c1ccccc1C(=O)O.NCCNCCNCCNCCN. The second-order valence-corrected chi connectivity index (χ2v) is 28.3. The van der Waals surface area contributed by atoms with Gasteiger partial charge in [-0.05, 0) is 86.6 Å². The first-order valence-corrected chi connectivity index (χ1v) is 41.5. The summed E-state index contributed by atoms with van der Waals surface area (Å²) in [6.45, 7) is 7.15. The molecule has 4 rings (SSSR count). The summed E-state index contributed by atoms with van der Waals surface area (Å²) in [5.41, 5.74) is 35.4. The first kappa shape index (κ1) is 97.0. The Hall–Kier alpha value is -5.97. The number of carboxylic acid groups (broad SMARTS) is 1. The Morgan fingerprint density at radius 2 is 0.427 bits per heavy atom. The monoisotopic (exact) mass is 1430 g/mol. The van der Waals surface area contributed by atoms with Gasteiger partial charge in [0.1, 0.15) is 0 Å². The summed E-state index contributed by atoms with van der Waals surface area (Å²) in [6.07, 6.45) is 65.7. The third-order valence-corrected chi connectivity index (χ3v) is 18.7. The van der Waals surface area contributed by atoms with E-state index >= 15 is 0 Å². The van der Waals surface area contributed by atoms with Crippen LogP contribution in [0.4, 0.5) is 0 Å². The van der Waals surface area contributed by atoms with Gasteiger partial charge >= 0.3 is 5.97 Å². The van der Waals surface area contributed by atoms with Gasteiger partial charge in [0.05, 0.1) is 11.1 Å². The van der Waals surface area contributed by atoms with Crippen molar-refractivity contribution in [1.29, 1.82) is 0 Å². The molecule has 16 N–H and O–H groups in total. The number of hydrogen-bond acceptors (Lipinski definition) is 10. The van der Waals surface area contributed by atoms with Gasteiger partial charge in [-0.25, -0.2) is 4.79 Å². The van der Waals surface area contributed by atoms with Crippen LogP contribution in [0.5, 0.6) is 0 Å². The number of carbonyl (C=O) groups is 5. The minimum atomic E-state index is -1.15. The van der Waals surface area contributed by atoms with E-state index in [0.29, 0.717) is 32.4 Å². The fourth-order valence-electron chi connectivity index (χ4n) is 12.5. The van der Waals surface area contributed by atoms with Crippen molar-refractivity contribution in [2.24, 2.45) is 34.4 Å². The number of amides is 4. The predicted molar refractivity (Wildman–Crippen MR) is 438 cm³/mol. The van der Waals surface area contributed by atoms with Crippen molar-refractivity contribution in [2.75, 3.05) is 52.4 Å². The molecule has 0 bridgehead atoms. The number of primary amides is 4. The van der Waals surface area contributed by atoms with Crippen LogP contribution >= 0.6 is 0 Å². The third kappa shape index (κ3) is 74.1. The van der Waals surface area contributed by atoms with Crippen LogP contribution in [0.3, 0.4) is 0 Å². The zero-order valence-corrected chi connectivity index (χ0v) is 65.1. The molecular weight excluding hydrogens is 1280 g/mol. The molecule has 0 heterocycles. The quantitative estimate of drug-likeness (QED) is 0.0185. The van der Waals surface area contributed by atoms with Crippen LogP contribution in [-0.2, 0) is 33.6 Å². The van der Waals surface area contributed by atoms with E-state index in [-0.39, 0.29) is 28.8 Å². The molecule has 0 aliphatic rings. The molecule has 0 unspecified atom stereocenters. The number of carbonyl (C=O) groups excluding carboxylic acids is 4. The van der Waals surface area contributed by atoms with E-state index in [4.69, 9.17) is 39.5 Å². The van der Waals surface area contributed by atoms with Crippen LogP contribution in [0.2, 0.25) is 0 Å². The van der Waals surface area contributed by atoms with Crippen molar-refractivity contribution < 1.29 is 29.1 Å². The Kier molecular flexibility index (Phi) is 74.1. The van der Waals surface area contributed by atoms with E-state index in [1.54, 1.807) is 6.07 Å². The van der Waals surface area contributed by atoms with Gasteiger partial charge in [-0.15, -0.1) is 0 Å². The van der Waals surface area contributed by atoms with Crippen molar-refractivity contribution in [3.63, 3.8) is 0 Å². The Labute approximate surface area is 628 Å². The lowest BCUT2D eigenvalue weighted by Crippen LogP contribution is -2.35. The molecule has 0 saturated carbocycles. The highest BCUT2D eigenvalue weighted by Gasteiger charge is 2.12. The van der Waals surface area contributed by atoms with E-state index in [1.807, 2.05) is 0 Å². The Morgan fingerprint density at radius 3 is 0.612 bits per heavy atom. The van der Waals surface area contributed by atoms with Crippen molar-refractivity contribution in [1.82, 2.24) is 16.0 Å². The maximum atomic E-state index is 10.7. The van der Waals surface area contributed by atoms with Gasteiger partial charge in [0.15, 0.2) is 0 Å². The maximum absolute atomic E-state index is 10.7. The lowest BCUT2D eigenvalue weighted by atomic mass is 10.0. The molecule has 0 aliphatic carbocycles. The number of hydrogen-bond donors (Lipinski definition) is 10. The van der Waals surface area contributed by atoms with Crippen molar-refractivity contribution in [2.45, 2.75) is 327 Å². The van der Waals surface area contributed by atoms with Crippen LogP contribution in [0, 0.1) is 0 Å². The molecule has 0 saturated heterocycles. The minimum Gasteiger partial charge on any atom is -0.478 e. The fourth-order valence-corrected chi connectivity index (χ4v) is 12.5. The molecule has 0 fully saturated rings. The van der Waals surface area contributed by atoms with E-state index in [1.165, 1.54) is 305 Å². The molecule has 0 aliphatic heterocycles. The normalized spacial score (nSPS) is 10.7. The molecule has 0 aromatic heterocycles. The fraction of sp³-hybridized carbons (Fsp3) is 0.670. The number of rotatable bonds is 66. The molecular formula is C88H153N9O6. The second-order valence-electron chi connectivity index (χ2n) is 28.3. The molecule has 4 aromatic carbocycles. The van der Waals surface area contributed by atoms with Gasteiger partial charge in [-0.1, -0.05) is 354 Å². The Bertz CT molecular complexity index is 2230. The standard InChI is InChI=1S/3C24H41NO.C8H23N5.C8H7NO3/c3*25-24(26)22-18-13-11-9-7-5-3-1-2-4-6-8-10-12-15-19-23-20-16-14-17-21-23;9-1-3-11-5-7-13-8-6-12-4-2-10;9-7(10)5-3-1-2-4-6(5)8(11)12/h3*14,16-17,20-21H,1-13,15,18-19,22H2,(H2,25,26);11-13H,1-10H2;1-4H,(H2,9,10)(H,11,12). The molecule has 0 radical (unpaired) electrons. The molecule has 4 aromatic rings. The van der Waals surface area contributed by atoms with E-state index in [9.17, 15) is 24.0 Å². The molecule has 4 amide bonds. The lowest BCUT2D eigenvalue weighted by molar-refractivity contribution is -0.119. The molecule has 0 atom stereocenters. The van der Waals surface area contributed by atoms with Crippen LogP contribution in [0.15, 0.2) is 115 Å². The molecule has 586 valence electrons. The highest BCUT2D eigenvalue weighted by Crippen LogP contribution is 2.19. The largest absolute Gasteiger partial charge is 0.478 e. The summed E-state index contributed by atoms with van der Waals surface area (Å²) in [5, 5.41) is 18.3. The maximum Gasteiger partial charge on any atom is 0.336 e. The average Bonchev–Trinajstić information content (AvgIpc) is 0.864. The summed E-state index contributed by atoms with van der Waals surface area (Å²) in [7, 11) is 0. The van der Waals surface area contributed by atoms with Gasteiger partial charge in [-0.2, -0.15) is 0 Å². The zero-order chi connectivity index (χ0) is 75.0. The summed E-state index contributed by atoms with van der Waals surface area (Å²) in [5.74, 6) is -2.34. The van der Waals surface area contributed by atoms with Gasteiger partial charge < -0.3 is 55.5 Å². The van der Waals surface area contributed by atoms with Crippen molar-refractivity contribution >= 4 is 29.6 Å². The molecule has 15 heteroatoms. The van der Waals surface area contributed by atoms with Gasteiger partial charge in [0.25, 0.3) is 0 Å². The Morgan fingerprint density at radius 1 is 0.243 bits per heavy atom. The molecule has 15 nitrogen and oxygen atoms in total. The molecule has 0 spiro atoms. The van der Waals surface area contributed by atoms with Crippen LogP contribution < -0.4 is 50.4 Å². The number of aryl methyl sites for hydroxylation is 3. The number of benzene rings is 4. The average molecular weight is 1430 g/mol. The number of nitrogens with two attached hydrogens (primary N) is 6. The Balaban J connectivity index is 0.00000130. The summed E-state index contributed by atoms with van der Waals surface area (Å²) in [6, 6.07) is 38.4. The third-order valence-electron chi connectivity index (χ3n) is 18.7. The van der Waals surface area contributed by atoms with E-state index in [2.05, 4.69) is 107 Å². The van der Waals surface area contributed by atoms with Gasteiger partial charge in [0.2, 0.25) is 23.6 Å². The first-order chi connectivity index (χ1) is 50.4. The minimum absolute atomic E-state index is 0.0324. The summed E-state index contributed by atoms with van der Waals surface area (Å²) in [4.78, 5) is 53.1. The zero-order valence-electron chi connectivity index (χ0n) is 65.1. The van der Waals surface area contributed by atoms with Crippen LogP contribution in [0.1, 0.15) is 346 Å². The second kappa shape index (κ2) is 78.6. The predicted octanol–water partition coefficient (Wildman–Crippen LogP) is 19.0. The lowest BCUT2D eigenvalue weighted by Gasteiger charge is -2.06. The highest BCUT2D eigenvalue weighted by atomic mass is 16.4. The van der Waals surface area contributed by atoms with E-state index in [0.717, 1.165) is 77.8 Å². The topological polar surface area (TPSA) is 298 Å². The van der Waals surface area contributed by atoms with Crippen molar-refractivity contribution in [3.8, 4) is 0 Å². The first-order valence-electron chi connectivity index (χ1n) is 41.5. The molecule has 103 heavy (non-hydrogen) atoms. The number of aromatic carboxylic acids is 1. The smallest absolute Gasteiger partial charge is 0.336 e. The number of nitrogens with one attached hydrogen (secondary N) is 3. The van der Waals surface area contributed by atoms with Crippen molar-refractivity contribution in [3.05, 3.63) is 143 Å². The van der Waals surface area contributed by atoms with Crippen LogP contribution in [-0.4, -0.2) is 87.1 Å². The van der Waals surface area contributed by atoms with Gasteiger partial charge in [0, 0.05) is 71.6 Å².